The van der Waals surface area contributed by atoms with Crippen molar-refractivity contribution in [3.8, 4) is 5.88 Å². The van der Waals surface area contributed by atoms with Gasteiger partial charge in [-0.2, -0.15) is 4.98 Å². The normalized spacial score (nSPS) is 15.0. The molecular formula is C18H21FN4O2. The average molecular weight is 344 g/mol. The minimum absolute atomic E-state index is 0.0513. The lowest BCUT2D eigenvalue weighted by Gasteiger charge is -2.32. The number of ether oxygens (including phenoxy) is 1. The zero-order valence-electron chi connectivity index (χ0n) is 14.1. The summed E-state index contributed by atoms with van der Waals surface area (Å²) >= 11 is 0. The van der Waals surface area contributed by atoms with E-state index >= 15 is 0 Å². The third-order valence-corrected chi connectivity index (χ3v) is 4.12. The quantitative estimate of drug-likeness (QED) is 0.926. The van der Waals surface area contributed by atoms with E-state index in [9.17, 15) is 9.18 Å². The summed E-state index contributed by atoms with van der Waals surface area (Å²) in [6.07, 6.45) is 3.24. The van der Waals surface area contributed by atoms with Crippen molar-refractivity contribution in [1.82, 2.24) is 20.2 Å². The number of aryl methyl sites for hydroxylation is 1. The van der Waals surface area contributed by atoms with Gasteiger partial charge in [0.05, 0.1) is 0 Å². The number of urea groups is 1. The number of benzene rings is 1. The Morgan fingerprint density at radius 1 is 1.28 bits per heavy atom. The molecule has 6 nitrogen and oxygen atoms in total. The largest absolute Gasteiger partial charge is 0.474 e. The van der Waals surface area contributed by atoms with Gasteiger partial charge in [0.1, 0.15) is 17.7 Å². The molecule has 7 heteroatoms. The van der Waals surface area contributed by atoms with Gasteiger partial charge >= 0.3 is 6.03 Å². The van der Waals surface area contributed by atoms with E-state index in [4.69, 9.17) is 4.74 Å². The smallest absolute Gasteiger partial charge is 0.317 e. The number of nitrogens with one attached hydrogen (secondary N) is 1. The Bertz CT molecular complexity index is 715. The van der Waals surface area contributed by atoms with Crippen LogP contribution in [0, 0.1) is 12.7 Å². The zero-order chi connectivity index (χ0) is 17.6. The molecule has 3 rings (SSSR count). The first-order chi connectivity index (χ1) is 12.1. The highest BCUT2D eigenvalue weighted by Gasteiger charge is 2.24. The number of nitrogens with zero attached hydrogens (tertiary/aromatic N) is 3. The number of hydrogen-bond donors (Lipinski definition) is 1. The van der Waals surface area contributed by atoms with Gasteiger partial charge in [-0.1, -0.05) is 12.1 Å². The van der Waals surface area contributed by atoms with Crippen LogP contribution in [0.2, 0.25) is 0 Å². The van der Waals surface area contributed by atoms with E-state index in [1.165, 1.54) is 12.1 Å². The van der Waals surface area contributed by atoms with Crippen LogP contribution in [0.3, 0.4) is 0 Å². The van der Waals surface area contributed by atoms with E-state index in [1.54, 1.807) is 29.3 Å². The molecular weight excluding hydrogens is 323 g/mol. The van der Waals surface area contributed by atoms with E-state index in [1.807, 2.05) is 6.92 Å². The minimum Gasteiger partial charge on any atom is -0.474 e. The van der Waals surface area contributed by atoms with Gasteiger partial charge in [0, 0.05) is 44.7 Å². The molecule has 0 atom stereocenters. The van der Waals surface area contributed by atoms with Crippen molar-refractivity contribution in [2.75, 3.05) is 13.1 Å². The number of carbonyl (C=O) groups excluding carboxylic acids is 1. The molecule has 25 heavy (non-hydrogen) atoms. The SMILES string of the molecule is Cc1nccc(OC2CCN(C(=O)NCc3ccc(F)cc3)CC2)n1. The molecule has 1 N–H and O–H groups in total. The zero-order valence-corrected chi connectivity index (χ0v) is 14.1. The van der Waals surface area contributed by atoms with Crippen LogP contribution in [0.25, 0.3) is 0 Å². The van der Waals surface area contributed by atoms with Crippen LogP contribution in [-0.2, 0) is 6.54 Å². The summed E-state index contributed by atoms with van der Waals surface area (Å²) in [5.41, 5.74) is 0.868. The van der Waals surface area contributed by atoms with Gasteiger partial charge in [-0.25, -0.2) is 14.2 Å². The standard InChI is InChI=1S/C18H21FN4O2/c1-13-20-9-6-17(22-13)25-16-7-10-23(11-8-16)18(24)21-12-14-2-4-15(19)5-3-14/h2-6,9,16H,7-8,10-12H2,1H3,(H,21,24). The van der Waals surface area contributed by atoms with Crippen molar-refractivity contribution in [2.24, 2.45) is 0 Å². The van der Waals surface area contributed by atoms with Gasteiger partial charge in [0.2, 0.25) is 5.88 Å². The number of rotatable bonds is 4. The van der Waals surface area contributed by atoms with Gasteiger partial charge in [-0.15, -0.1) is 0 Å². The summed E-state index contributed by atoms with van der Waals surface area (Å²) in [5, 5.41) is 2.86. The molecule has 1 aliphatic heterocycles. The lowest BCUT2D eigenvalue weighted by molar-refractivity contribution is 0.107. The van der Waals surface area contributed by atoms with E-state index < -0.39 is 0 Å². The van der Waals surface area contributed by atoms with Gasteiger partial charge < -0.3 is 15.0 Å². The topological polar surface area (TPSA) is 67.3 Å². The fraction of sp³-hybridized carbons (Fsp3) is 0.389. The highest BCUT2D eigenvalue weighted by atomic mass is 19.1. The number of hydrogen-bond acceptors (Lipinski definition) is 4. The molecule has 2 aromatic rings. The molecule has 2 amide bonds. The molecule has 0 spiro atoms. The van der Waals surface area contributed by atoms with Gasteiger partial charge in [0.25, 0.3) is 0 Å². The molecule has 0 radical (unpaired) electrons. The minimum atomic E-state index is -0.281. The van der Waals surface area contributed by atoms with Gasteiger partial charge in [-0.05, 0) is 24.6 Å². The Morgan fingerprint density at radius 3 is 2.68 bits per heavy atom. The van der Waals surface area contributed by atoms with Crippen LogP contribution in [0.4, 0.5) is 9.18 Å². The van der Waals surface area contributed by atoms with E-state index in [0.29, 0.717) is 31.3 Å². The molecule has 1 saturated heterocycles. The third-order valence-electron chi connectivity index (χ3n) is 4.12. The first-order valence-corrected chi connectivity index (χ1v) is 8.33. The highest BCUT2D eigenvalue weighted by Crippen LogP contribution is 2.17. The summed E-state index contributed by atoms with van der Waals surface area (Å²) < 4.78 is 18.7. The Labute approximate surface area is 146 Å². The van der Waals surface area contributed by atoms with E-state index in [0.717, 1.165) is 18.4 Å². The first kappa shape index (κ1) is 17.1. The number of halogens is 1. The lowest BCUT2D eigenvalue weighted by atomic mass is 10.1. The monoisotopic (exact) mass is 344 g/mol. The van der Waals surface area contributed by atoms with Crippen LogP contribution < -0.4 is 10.1 Å². The maximum Gasteiger partial charge on any atom is 0.317 e. The molecule has 0 saturated carbocycles. The summed E-state index contributed by atoms with van der Waals surface area (Å²) in [7, 11) is 0. The van der Waals surface area contributed by atoms with Gasteiger partial charge in [0.15, 0.2) is 0 Å². The average Bonchev–Trinajstić information content (AvgIpc) is 2.62. The number of piperidine rings is 1. The first-order valence-electron chi connectivity index (χ1n) is 8.33. The lowest BCUT2D eigenvalue weighted by Crippen LogP contribution is -2.46. The van der Waals surface area contributed by atoms with E-state index in [-0.39, 0.29) is 18.0 Å². The van der Waals surface area contributed by atoms with Gasteiger partial charge in [-0.3, -0.25) is 0 Å². The third kappa shape index (κ3) is 4.89. The molecule has 1 aromatic carbocycles. The molecule has 0 unspecified atom stereocenters. The summed E-state index contributed by atoms with van der Waals surface area (Å²) in [6, 6.07) is 7.74. The van der Waals surface area contributed by atoms with Crippen molar-refractivity contribution < 1.29 is 13.9 Å². The second-order valence-electron chi connectivity index (χ2n) is 6.03. The second-order valence-corrected chi connectivity index (χ2v) is 6.03. The van der Waals surface area contributed by atoms with Crippen molar-refractivity contribution in [2.45, 2.75) is 32.4 Å². The molecule has 132 valence electrons. The fourth-order valence-corrected chi connectivity index (χ4v) is 2.74. The number of likely N-dealkylation sites (tertiary alicyclic amines) is 1. The Balaban J connectivity index is 1.43. The Morgan fingerprint density at radius 2 is 2.00 bits per heavy atom. The van der Waals surface area contributed by atoms with E-state index in [2.05, 4.69) is 15.3 Å². The summed E-state index contributed by atoms with van der Waals surface area (Å²) in [4.78, 5) is 22.3. The predicted molar refractivity (Wildman–Crippen MR) is 90.6 cm³/mol. The molecule has 0 aliphatic carbocycles. The van der Waals surface area contributed by atoms with Crippen LogP contribution >= 0.6 is 0 Å². The van der Waals surface area contributed by atoms with Crippen molar-refractivity contribution >= 4 is 6.03 Å². The number of carbonyl (C=O) groups is 1. The van der Waals surface area contributed by atoms with Crippen molar-refractivity contribution in [3.05, 3.63) is 53.7 Å². The second kappa shape index (κ2) is 7.92. The fourth-order valence-electron chi connectivity index (χ4n) is 2.74. The summed E-state index contributed by atoms with van der Waals surface area (Å²) in [6.45, 7) is 3.46. The molecule has 2 heterocycles. The maximum atomic E-state index is 12.9. The molecule has 0 bridgehead atoms. The van der Waals surface area contributed by atoms with Crippen LogP contribution in [0.5, 0.6) is 5.88 Å². The van der Waals surface area contributed by atoms with Crippen LogP contribution in [-0.4, -0.2) is 40.1 Å². The predicted octanol–water partition coefficient (Wildman–Crippen LogP) is 2.68. The Hall–Kier alpha value is -2.70. The summed E-state index contributed by atoms with van der Waals surface area (Å²) in [5.74, 6) is 0.970. The Kier molecular flexibility index (Phi) is 5.42. The highest BCUT2D eigenvalue weighted by molar-refractivity contribution is 5.74. The number of amides is 2. The molecule has 1 fully saturated rings. The molecule has 1 aromatic heterocycles. The van der Waals surface area contributed by atoms with Crippen LogP contribution in [0.1, 0.15) is 24.2 Å². The maximum absolute atomic E-state index is 12.9. The van der Waals surface area contributed by atoms with Crippen molar-refractivity contribution in [1.29, 1.82) is 0 Å². The van der Waals surface area contributed by atoms with Crippen LogP contribution in [0.15, 0.2) is 36.5 Å². The van der Waals surface area contributed by atoms with Crippen molar-refractivity contribution in [3.63, 3.8) is 0 Å². The molecule has 1 aliphatic rings. The number of aromatic nitrogens is 2.